The molecule has 0 aromatic heterocycles. The summed E-state index contributed by atoms with van der Waals surface area (Å²) in [7, 11) is 0. The lowest BCUT2D eigenvalue weighted by Gasteiger charge is -2.44. The summed E-state index contributed by atoms with van der Waals surface area (Å²) in [4.78, 5) is 64.1. The van der Waals surface area contributed by atoms with Crippen molar-refractivity contribution < 1.29 is 38.1 Å². The van der Waals surface area contributed by atoms with E-state index in [1.165, 1.54) is 21.9 Å². The number of rotatable bonds is 5. The summed E-state index contributed by atoms with van der Waals surface area (Å²) >= 11 is 0. The Morgan fingerprint density at radius 1 is 0.596 bits per heavy atom. The van der Waals surface area contributed by atoms with Gasteiger partial charge in [0, 0.05) is 43.5 Å². The highest BCUT2D eigenvalue weighted by atomic mass is 19.1. The molecule has 1 saturated carbocycles. The molecule has 4 amide bonds. The third-order valence-corrected chi connectivity index (χ3v) is 11.9. The summed E-state index contributed by atoms with van der Waals surface area (Å²) in [5.41, 5.74) is 4.10. The fraction of sp³-hybridized carbons (Fsp3) is 0.400. The number of nitrogens with zero attached hydrogens (tertiary/aromatic N) is 4. The average Bonchev–Trinajstić information content (AvgIpc) is 3.59. The molecule has 12 heteroatoms. The molecule has 4 aliphatic heterocycles. The number of amides is 4. The second-order valence-corrected chi connectivity index (χ2v) is 14.5. The van der Waals surface area contributed by atoms with Crippen molar-refractivity contribution in [1.82, 2.24) is 0 Å². The monoisotopic (exact) mass is 706 g/mol. The lowest BCUT2D eigenvalue weighted by atomic mass is 9.57. The number of carbonyl (C=O) groups is 4. The number of halogens is 1. The van der Waals surface area contributed by atoms with Gasteiger partial charge in [-0.15, -0.1) is 0 Å². The molecule has 2 aliphatic carbocycles. The SMILES string of the molecule is O=C1[C@H]2[C@H](CC=C3[C@H]2C[C@H]2C(=O)N(c4ccc(N5CCOCC5)cc4)C(=O)[C@H]2[C@H]3c2ccc(O)c(F)c2)C(=O)N1c1ccc(N2CCOCC2)cc1. The van der Waals surface area contributed by atoms with Crippen molar-refractivity contribution in [3.05, 3.63) is 89.8 Å². The van der Waals surface area contributed by atoms with Gasteiger partial charge in [0.05, 0.1) is 61.5 Å². The van der Waals surface area contributed by atoms with Gasteiger partial charge in [-0.25, -0.2) is 4.39 Å². The summed E-state index contributed by atoms with van der Waals surface area (Å²) in [6.07, 6.45) is 2.43. The molecule has 0 spiro atoms. The zero-order valence-corrected chi connectivity index (χ0v) is 28.5. The van der Waals surface area contributed by atoms with Gasteiger partial charge in [0.2, 0.25) is 23.6 Å². The number of anilines is 4. The van der Waals surface area contributed by atoms with E-state index >= 15 is 0 Å². The maximum Gasteiger partial charge on any atom is 0.238 e. The largest absolute Gasteiger partial charge is 0.505 e. The molecule has 0 radical (unpaired) electrons. The quantitative estimate of drug-likeness (QED) is 0.307. The highest BCUT2D eigenvalue weighted by Crippen LogP contribution is 2.58. The number of morpholine rings is 2. The first kappa shape index (κ1) is 32.8. The second kappa shape index (κ2) is 12.9. The molecule has 268 valence electrons. The summed E-state index contributed by atoms with van der Waals surface area (Å²) < 4.78 is 25.9. The third kappa shape index (κ3) is 5.22. The van der Waals surface area contributed by atoms with Crippen molar-refractivity contribution in [1.29, 1.82) is 0 Å². The van der Waals surface area contributed by atoms with Gasteiger partial charge in [-0.3, -0.25) is 29.0 Å². The molecule has 4 saturated heterocycles. The van der Waals surface area contributed by atoms with Crippen molar-refractivity contribution in [2.75, 3.05) is 72.2 Å². The Morgan fingerprint density at radius 2 is 1.10 bits per heavy atom. The Hall–Kier alpha value is -5.07. The zero-order valence-electron chi connectivity index (χ0n) is 28.5. The first-order chi connectivity index (χ1) is 25.3. The molecule has 0 bridgehead atoms. The van der Waals surface area contributed by atoms with Crippen molar-refractivity contribution >= 4 is 46.4 Å². The molecule has 52 heavy (non-hydrogen) atoms. The number of aromatic hydroxyl groups is 1. The molecular weight excluding hydrogens is 667 g/mol. The van der Waals surface area contributed by atoms with E-state index < -0.39 is 47.1 Å². The Kier molecular flexibility index (Phi) is 8.11. The number of phenols is 1. The second-order valence-electron chi connectivity index (χ2n) is 14.5. The highest BCUT2D eigenvalue weighted by molar-refractivity contribution is 6.24. The number of phenolic OH excluding ortho intramolecular Hbond substituents is 1. The van der Waals surface area contributed by atoms with Crippen LogP contribution < -0.4 is 19.6 Å². The molecule has 3 aromatic carbocycles. The third-order valence-electron chi connectivity index (χ3n) is 11.9. The normalized spacial score (nSPS) is 28.9. The van der Waals surface area contributed by atoms with Crippen LogP contribution in [0.5, 0.6) is 5.75 Å². The number of allylic oxidation sites excluding steroid dienone is 2. The van der Waals surface area contributed by atoms with Crippen LogP contribution in [0.15, 0.2) is 78.4 Å². The van der Waals surface area contributed by atoms with Gasteiger partial charge in [-0.05, 0) is 85.0 Å². The standard InChI is InChI=1S/C40H39FN4O7/c41-32-21-23(1-12-33(32)46)34-28-10-11-29-35(39(49)44(37(29)47)26-6-2-24(3-7-26)42-13-17-51-18-14-42)30(28)22-31-36(34)40(50)45(38(31)48)27-8-4-25(5-9-27)43-15-19-52-20-16-43/h1-10,12,21,29-31,34-36,46H,11,13-20,22H2/t29-,30+,31+,34-,35-,36+/m0/s1. The fourth-order valence-electron chi connectivity index (χ4n) is 9.46. The van der Waals surface area contributed by atoms with Crippen molar-refractivity contribution in [3.8, 4) is 5.75 Å². The minimum atomic E-state index is -0.842. The minimum Gasteiger partial charge on any atom is -0.505 e. The molecule has 5 fully saturated rings. The Bertz CT molecular complexity index is 1970. The summed E-state index contributed by atoms with van der Waals surface area (Å²) in [5, 5.41) is 10.1. The number of fused-ring (bicyclic) bond motifs is 4. The van der Waals surface area contributed by atoms with Crippen LogP contribution in [0.3, 0.4) is 0 Å². The fourth-order valence-corrected chi connectivity index (χ4v) is 9.46. The number of carbonyl (C=O) groups excluding carboxylic acids is 4. The van der Waals surface area contributed by atoms with Gasteiger partial charge < -0.3 is 24.4 Å². The van der Waals surface area contributed by atoms with E-state index in [2.05, 4.69) is 9.80 Å². The van der Waals surface area contributed by atoms with Crippen LogP contribution in [0.25, 0.3) is 0 Å². The van der Waals surface area contributed by atoms with E-state index in [0.29, 0.717) is 43.4 Å². The molecule has 4 heterocycles. The van der Waals surface area contributed by atoms with Gasteiger partial charge in [-0.1, -0.05) is 17.7 Å². The van der Waals surface area contributed by atoms with E-state index in [-0.39, 0.29) is 36.5 Å². The number of hydrogen-bond donors (Lipinski definition) is 1. The molecule has 0 unspecified atom stereocenters. The van der Waals surface area contributed by atoms with Crippen LogP contribution >= 0.6 is 0 Å². The van der Waals surface area contributed by atoms with Crippen LogP contribution in [-0.2, 0) is 28.7 Å². The number of ether oxygens (including phenoxy) is 2. The molecule has 1 N–H and O–H groups in total. The first-order valence-electron chi connectivity index (χ1n) is 18.1. The summed E-state index contributed by atoms with van der Waals surface area (Å²) in [5.74, 6) is -6.95. The van der Waals surface area contributed by atoms with Gasteiger partial charge >= 0.3 is 0 Å². The molecular formula is C40H39FN4O7. The Morgan fingerprint density at radius 3 is 1.63 bits per heavy atom. The molecule has 11 nitrogen and oxygen atoms in total. The van der Waals surface area contributed by atoms with Crippen LogP contribution in [0.4, 0.5) is 27.1 Å². The summed E-state index contributed by atoms with van der Waals surface area (Å²) in [6.45, 7) is 5.52. The Balaban J connectivity index is 1.05. The number of hydrogen-bond acceptors (Lipinski definition) is 9. The lowest BCUT2D eigenvalue weighted by Crippen LogP contribution is -2.43. The van der Waals surface area contributed by atoms with Crippen LogP contribution in [0.2, 0.25) is 0 Å². The van der Waals surface area contributed by atoms with Crippen LogP contribution in [0, 0.1) is 35.4 Å². The first-order valence-corrected chi connectivity index (χ1v) is 18.1. The maximum absolute atomic E-state index is 15.0. The van der Waals surface area contributed by atoms with Gasteiger partial charge in [-0.2, -0.15) is 0 Å². The maximum atomic E-state index is 15.0. The predicted octanol–water partition coefficient (Wildman–Crippen LogP) is 4.25. The molecule has 6 aliphatic rings. The van der Waals surface area contributed by atoms with Crippen molar-refractivity contribution in [2.45, 2.75) is 18.8 Å². The van der Waals surface area contributed by atoms with Crippen LogP contribution in [-0.4, -0.2) is 81.3 Å². The van der Waals surface area contributed by atoms with E-state index in [0.717, 1.165) is 43.1 Å². The zero-order chi connectivity index (χ0) is 35.7. The van der Waals surface area contributed by atoms with Crippen LogP contribution in [0.1, 0.15) is 24.3 Å². The molecule has 9 rings (SSSR count). The molecule has 3 aromatic rings. The van der Waals surface area contributed by atoms with E-state index in [9.17, 15) is 28.7 Å². The van der Waals surface area contributed by atoms with Crippen molar-refractivity contribution in [2.24, 2.45) is 29.6 Å². The Labute approximate surface area is 300 Å². The van der Waals surface area contributed by atoms with Gasteiger partial charge in [0.15, 0.2) is 11.6 Å². The smallest absolute Gasteiger partial charge is 0.238 e. The van der Waals surface area contributed by atoms with E-state index in [1.54, 1.807) is 30.3 Å². The average molecular weight is 707 g/mol. The topological polar surface area (TPSA) is 120 Å². The lowest BCUT2D eigenvalue weighted by molar-refractivity contribution is -0.126. The van der Waals surface area contributed by atoms with Gasteiger partial charge in [0.25, 0.3) is 0 Å². The number of imide groups is 2. The minimum absolute atomic E-state index is 0.213. The predicted molar refractivity (Wildman–Crippen MR) is 190 cm³/mol. The molecule has 6 atom stereocenters. The summed E-state index contributed by atoms with van der Waals surface area (Å²) in [6, 6.07) is 18.8. The number of benzene rings is 3. The van der Waals surface area contributed by atoms with Gasteiger partial charge in [0.1, 0.15) is 0 Å². The van der Waals surface area contributed by atoms with Crippen molar-refractivity contribution in [3.63, 3.8) is 0 Å². The van der Waals surface area contributed by atoms with E-state index in [1.807, 2.05) is 30.3 Å². The highest BCUT2D eigenvalue weighted by Gasteiger charge is 2.62. The van der Waals surface area contributed by atoms with E-state index in [4.69, 9.17) is 9.47 Å².